The Balaban J connectivity index is 2.56. The molecule has 2 N–H and O–H groups in total. The van der Waals surface area contributed by atoms with Gasteiger partial charge in [0.15, 0.2) is 0 Å². The van der Waals surface area contributed by atoms with Gasteiger partial charge in [0.1, 0.15) is 5.75 Å². The van der Waals surface area contributed by atoms with E-state index in [4.69, 9.17) is 4.74 Å². The zero-order valence-electron chi connectivity index (χ0n) is 11.1. The van der Waals surface area contributed by atoms with Crippen LogP contribution in [0.2, 0.25) is 0 Å². The molecule has 0 spiro atoms. The third-order valence-electron chi connectivity index (χ3n) is 2.51. The van der Waals surface area contributed by atoms with Crippen LogP contribution in [0.3, 0.4) is 0 Å². The van der Waals surface area contributed by atoms with E-state index in [0.717, 1.165) is 21.2 Å². The van der Waals surface area contributed by atoms with E-state index in [9.17, 15) is 4.79 Å². The summed E-state index contributed by atoms with van der Waals surface area (Å²) in [6.45, 7) is 1.31. The molecule has 0 aliphatic heterocycles. The monoisotopic (exact) mass is 392 g/mol. The van der Waals surface area contributed by atoms with Crippen molar-refractivity contribution in [3.63, 3.8) is 0 Å². The number of amides is 1. The number of benzene rings is 1. The first-order valence-electron chi connectivity index (χ1n) is 6.04. The minimum atomic E-state index is 0.0334. The first-order valence-corrected chi connectivity index (χ1v) is 7.63. The van der Waals surface area contributed by atoms with Gasteiger partial charge in [-0.15, -0.1) is 0 Å². The second kappa shape index (κ2) is 8.55. The predicted molar refractivity (Wildman–Crippen MR) is 83.4 cm³/mol. The summed E-state index contributed by atoms with van der Waals surface area (Å²) in [7, 11) is 3.54. The van der Waals surface area contributed by atoms with E-state index in [0.29, 0.717) is 19.4 Å². The van der Waals surface area contributed by atoms with Gasteiger partial charge in [0.05, 0.1) is 15.6 Å². The Morgan fingerprint density at radius 3 is 2.42 bits per heavy atom. The molecule has 1 aromatic carbocycles. The van der Waals surface area contributed by atoms with Gasteiger partial charge in [-0.3, -0.25) is 4.79 Å². The molecule has 0 aliphatic rings. The van der Waals surface area contributed by atoms with Gasteiger partial charge in [0.25, 0.3) is 0 Å². The maximum absolute atomic E-state index is 11.1. The van der Waals surface area contributed by atoms with Crippen LogP contribution in [0.1, 0.15) is 18.4 Å². The summed E-state index contributed by atoms with van der Waals surface area (Å²) in [6, 6.07) is 4.05. The molecule has 0 saturated heterocycles. The summed E-state index contributed by atoms with van der Waals surface area (Å²) < 4.78 is 7.52. The Morgan fingerprint density at radius 1 is 1.26 bits per heavy atom. The lowest BCUT2D eigenvalue weighted by Gasteiger charge is -2.12. The Kier molecular flexibility index (Phi) is 7.41. The Morgan fingerprint density at radius 2 is 1.89 bits per heavy atom. The highest BCUT2D eigenvalue weighted by molar-refractivity contribution is 9.11. The van der Waals surface area contributed by atoms with Crippen molar-refractivity contribution < 1.29 is 9.53 Å². The fraction of sp³-hybridized carbons (Fsp3) is 0.462. The fourth-order valence-corrected chi connectivity index (χ4v) is 3.10. The fourth-order valence-electron chi connectivity index (χ4n) is 1.59. The number of hydrogen-bond acceptors (Lipinski definition) is 3. The zero-order chi connectivity index (χ0) is 14.3. The number of ether oxygens (including phenoxy) is 1. The van der Waals surface area contributed by atoms with Crippen molar-refractivity contribution in [2.75, 3.05) is 20.7 Å². The molecule has 0 aliphatic carbocycles. The third-order valence-corrected chi connectivity index (χ3v) is 3.69. The minimum Gasteiger partial charge on any atom is -0.491 e. The molecule has 0 unspecified atom stereocenters. The average Bonchev–Trinajstić information content (AvgIpc) is 2.37. The van der Waals surface area contributed by atoms with Crippen LogP contribution in [0.5, 0.6) is 5.75 Å². The molecule has 4 nitrogen and oxygen atoms in total. The van der Waals surface area contributed by atoms with Crippen LogP contribution in [0.25, 0.3) is 0 Å². The van der Waals surface area contributed by atoms with Gasteiger partial charge < -0.3 is 15.4 Å². The van der Waals surface area contributed by atoms with Crippen LogP contribution in [-0.4, -0.2) is 26.6 Å². The van der Waals surface area contributed by atoms with Crippen LogP contribution >= 0.6 is 31.9 Å². The summed E-state index contributed by atoms with van der Waals surface area (Å²) in [5, 5.41) is 5.69. The molecular weight excluding hydrogens is 376 g/mol. The number of carbonyl (C=O) groups is 1. The topological polar surface area (TPSA) is 50.4 Å². The zero-order valence-corrected chi connectivity index (χ0v) is 14.2. The normalized spacial score (nSPS) is 10.3. The summed E-state index contributed by atoms with van der Waals surface area (Å²) in [4.78, 5) is 11.1. The summed E-state index contributed by atoms with van der Waals surface area (Å²) in [5.74, 6) is 0.808. The Hall–Kier alpha value is -0.590. The number of nitrogens with one attached hydrogen (secondary N) is 2. The number of carbonyl (C=O) groups excluding carboxylic acids is 1. The molecule has 0 fully saturated rings. The lowest BCUT2D eigenvalue weighted by atomic mass is 10.2. The van der Waals surface area contributed by atoms with Crippen molar-refractivity contribution in [1.82, 2.24) is 10.6 Å². The molecule has 1 rings (SSSR count). The maximum atomic E-state index is 11.1. The van der Waals surface area contributed by atoms with Gasteiger partial charge in [-0.1, -0.05) is 0 Å². The highest BCUT2D eigenvalue weighted by Gasteiger charge is 2.09. The van der Waals surface area contributed by atoms with Gasteiger partial charge in [0, 0.05) is 20.0 Å². The molecule has 106 valence electrons. The molecule has 0 atom stereocenters. The smallest absolute Gasteiger partial charge is 0.219 e. The van der Waals surface area contributed by atoms with Gasteiger partial charge in [0.2, 0.25) is 5.91 Å². The Bertz CT molecular complexity index is 416. The van der Waals surface area contributed by atoms with Crippen molar-refractivity contribution in [3.8, 4) is 5.75 Å². The largest absolute Gasteiger partial charge is 0.491 e. The molecule has 0 radical (unpaired) electrons. The lowest BCUT2D eigenvalue weighted by Crippen LogP contribution is -2.18. The van der Waals surface area contributed by atoms with Crippen LogP contribution in [0.15, 0.2) is 21.1 Å². The molecule has 0 heterocycles. The molecule has 1 amide bonds. The van der Waals surface area contributed by atoms with Crippen LogP contribution < -0.4 is 15.4 Å². The van der Waals surface area contributed by atoms with Crippen molar-refractivity contribution in [1.29, 1.82) is 0 Å². The second-order valence-electron chi connectivity index (χ2n) is 4.04. The van der Waals surface area contributed by atoms with Gasteiger partial charge >= 0.3 is 0 Å². The molecule has 6 heteroatoms. The molecule has 0 bridgehead atoms. The molecule has 19 heavy (non-hydrogen) atoms. The molecule has 1 aromatic rings. The number of rotatable bonds is 7. The van der Waals surface area contributed by atoms with E-state index in [2.05, 4.69) is 42.5 Å². The third kappa shape index (κ3) is 5.50. The highest BCUT2D eigenvalue weighted by atomic mass is 79.9. The first-order chi connectivity index (χ1) is 9.08. The Labute approximate surface area is 130 Å². The van der Waals surface area contributed by atoms with Gasteiger partial charge in [-0.2, -0.15) is 0 Å². The van der Waals surface area contributed by atoms with Crippen molar-refractivity contribution in [2.45, 2.75) is 19.4 Å². The molecule has 0 aromatic heterocycles. The van der Waals surface area contributed by atoms with E-state index in [1.54, 1.807) is 7.05 Å². The first kappa shape index (κ1) is 16.5. The summed E-state index contributed by atoms with van der Waals surface area (Å²) in [5.41, 5.74) is 1.17. The lowest BCUT2D eigenvalue weighted by molar-refractivity contribution is -0.120. The van der Waals surface area contributed by atoms with E-state index >= 15 is 0 Å². The maximum Gasteiger partial charge on any atom is 0.219 e. The number of hydrogen-bond donors (Lipinski definition) is 2. The average molecular weight is 394 g/mol. The van der Waals surface area contributed by atoms with Gasteiger partial charge in [-0.25, -0.2) is 0 Å². The predicted octanol–water partition coefficient (Wildman–Crippen LogP) is 2.84. The molecular formula is C13H18Br2N2O2. The van der Waals surface area contributed by atoms with Crippen molar-refractivity contribution in [3.05, 3.63) is 26.6 Å². The van der Waals surface area contributed by atoms with E-state index in [-0.39, 0.29) is 5.91 Å². The SMILES string of the molecule is CNCc1cc(Br)c(OCCCC(=O)NC)c(Br)c1. The minimum absolute atomic E-state index is 0.0334. The summed E-state index contributed by atoms with van der Waals surface area (Å²) >= 11 is 7.00. The number of halogens is 2. The van der Waals surface area contributed by atoms with Crippen LogP contribution in [-0.2, 0) is 11.3 Å². The van der Waals surface area contributed by atoms with Crippen LogP contribution in [0.4, 0.5) is 0 Å². The highest BCUT2D eigenvalue weighted by Crippen LogP contribution is 2.34. The van der Waals surface area contributed by atoms with Crippen molar-refractivity contribution in [2.24, 2.45) is 0 Å². The van der Waals surface area contributed by atoms with E-state index in [1.165, 1.54) is 5.56 Å². The summed E-state index contributed by atoms with van der Waals surface area (Å²) in [6.07, 6.45) is 1.17. The quantitative estimate of drug-likeness (QED) is 0.700. The van der Waals surface area contributed by atoms with E-state index in [1.807, 2.05) is 19.2 Å². The second-order valence-corrected chi connectivity index (χ2v) is 5.75. The van der Waals surface area contributed by atoms with Crippen LogP contribution in [0, 0.1) is 0 Å². The van der Waals surface area contributed by atoms with Gasteiger partial charge in [-0.05, 0) is 63.0 Å². The molecule has 0 saturated carbocycles. The van der Waals surface area contributed by atoms with Crippen molar-refractivity contribution >= 4 is 37.8 Å². The standard InChI is InChI=1S/C13H18Br2N2O2/c1-16-8-9-6-10(14)13(11(15)7-9)19-5-3-4-12(18)17-2/h6-7,16H,3-5,8H2,1-2H3,(H,17,18). The van der Waals surface area contributed by atoms with E-state index < -0.39 is 0 Å².